The van der Waals surface area contributed by atoms with Gasteiger partial charge in [-0.05, 0) is 73.1 Å². The summed E-state index contributed by atoms with van der Waals surface area (Å²) in [7, 11) is 0. The van der Waals surface area contributed by atoms with Crippen molar-refractivity contribution in [3.63, 3.8) is 0 Å². The molecule has 2 aromatic carbocycles. The summed E-state index contributed by atoms with van der Waals surface area (Å²) in [6.45, 7) is 0. The van der Waals surface area contributed by atoms with Crippen molar-refractivity contribution in [1.29, 1.82) is 0 Å². The van der Waals surface area contributed by atoms with E-state index in [1.54, 1.807) is 6.07 Å². The van der Waals surface area contributed by atoms with Gasteiger partial charge in [0.15, 0.2) is 0 Å². The van der Waals surface area contributed by atoms with Crippen LogP contribution in [0.4, 0.5) is 4.39 Å². The van der Waals surface area contributed by atoms with Crippen LogP contribution >= 0.6 is 0 Å². The third-order valence-electron chi connectivity index (χ3n) is 6.53. The molecule has 0 aliphatic heterocycles. The fourth-order valence-electron chi connectivity index (χ4n) is 4.84. The Labute approximate surface area is 156 Å². The van der Waals surface area contributed by atoms with Crippen molar-refractivity contribution in [3.05, 3.63) is 59.4 Å². The average Bonchev–Trinajstić information content (AvgIpc) is 2.69. The van der Waals surface area contributed by atoms with E-state index in [-0.39, 0.29) is 5.82 Å². The molecule has 0 aromatic heterocycles. The quantitative estimate of drug-likeness (QED) is 0.669. The molecule has 2 N–H and O–H groups in total. The predicted molar refractivity (Wildman–Crippen MR) is 107 cm³/mol. The van der Waals surface area contributed by atoms with E-state index in [0.29, 0.717) is 17.9 Å². The molecule has 2 aliphatic carbocycles. The molecule has 0 amide bonds. The van der Waals surface area contributed by atoms with Crippen molar-refractivity contribution in [1.82, 2.24) is 0 Å². The molecule has 2 fully saturated rings. The van der Waals surface area contributed by atoms with Crippen molar-refractivity contribution in [3.8, 4) is 11.1 Å². The zero-order valence-electron chi connectivity index (χ0n) is 15.6. The molecule has 2 saturated carbocycles. The van der Waals surface area contributed by atoms with Crippen LogP contribution < -0.4 is 5.73 Å². The number of benzene rings is 2. The van der Waals surface area contributed by atoms with Crippen LogP contribution in [-0.4, -0.2) is 6.04 Å². The third-order valence-corrected chi connectivity index (χ3v) is 6.53. The average molecular weight is 352 g/mol. The van der Waals surface area contributed by atoms with Gasteiger partial charge in [-0.2, -0.15) is 0 Å². The van der Waals surface area contributed by atoms with Gasteiger partial charge in [0.25, 0.3) is 0 Å². The zero-order chi connectivity index (χ0) is 17.9. The normalized spacial score (nSPS) is 24.5. The minimum Gasteiger partial charge on any atom is -0.328 e. The molecule has 2 aromatic rings. The first-order chi connectivity index (χ1) is 12.7. The molecule has 26 heavy (non-hydrogen) atoms. The Morgan fingerprint density at radius 1 is 0.692 bits per heavy atom. The second-order valence-corrected chi connectivity index (χ2v) is 8.31. The van der Waals surface area contributed by atoms with Crippen LogP contribution in [0.25, 0.3) is 11.1 Å². The Bertz CT molecular complexity index is 722. The van der Waals surface area contributed by atoms with Gasteiger partial charge in [0.1, 0.15) is 5.82 Å². The van der Waals surface area contributed by atoms with Crippen LogP contribution in [-0.2, 0) is 0 Å². The van der Waals surface area contributed by atoms with Crippen molar-refractivity contribution in [2.75, 3.05) is 0 Å². The molecule has 4 rings (SSSR count). The first-order valence-electron chi connectivity index (χ1n) is 10.4. The first kappa shape index (κ1) is 17.7. The molecule has 1 nitrogen and oxygen atoms in total. The molecular weight excluding hydrogens is 321 g/mol. The number of rotatable bonds is 3. The van der Waals surface area contributed by atoms with Crippen molar-refractivity contribution in [2.24, 2.45) is 5.73 Å². The number of hydrogen-bond acceptors (Lipinski definition) is 1. The summed E-state index contributed by atoms with van der Waals surface area (Å²) in [6, 6.07) is 14.8. The van der Waals surface area contributed by atoms with Gasteiger partial charge in [0.05, 0.1) is 0 Å². The first-order valence-corrected chi connectivity index (χ1v) is 10.4. The molecule has 2 heteroatoms. The molecule has 0 atom stereocenters. The number of nitrogens with two attached hydrogens (primary N) is 1. The summed E-state index contributed by atoms with van der Waals surface area (Å²) >= 11 is 0. The lowest BCUT2D eigenvalue weighted by Gasteiger charge is -2.26. The molecule has 2 aliphatic rings. The fraction of sp³-hybridized carbons (Fsp3) is 0.500. The highest BCUT2D eigenvalue weighted by molar-refractivity contribution is 5.65. The molecule has 0 unspecified atom stereocenters. The van der Waals surface area contributed by atoms with E-state index >= 15 is 0 Å². The van der Waals surface area contributed by atoms with Crippen LogP contribution in [0.15, 0.2) is 42.5 Å². The maximum Gasteiger partial charge on any atom is 0.131 e. The van der Waals surface area contributed by atoms with Gasteiger partial charge in [0, 0.05) is 11.6 Å². The predicted octanol–water partition coefficient (Wildman–Crippen LogP) is 6.53. The highest BCUT2D eigenvalue weighted by atomic mass is 19.1. The molecule has 0 radical (unpaired) electrons. The molecular formula is C24H30FN. The smallest absolute Gasteiger partial charge is 0.131 e. The highest BCUT2D eigenvalue weighted by Gasteiger charge is 2.21. The van der Waals surface area contributed by atoms with Crippen molar-refractivity contribution >= 4 is 0 Å². The van der Waals surface area contributed by atoms with E-state index in [1.165, 1.54) is 37.7 Å². The molecule has 0 heterocycles. The monoisotopic (exact) mass is 351 g/mol. The number of halogens is 1. The largest absolute Gasteiger partial charge is 0.328 e. The van der Waals surface area contributed by atoms with Gasteiger partial charge < -0.3 is 5.73 Å². The lowest BCUT2D eigenvalue weighted by molar-refractivity contribution is 0.395. The number of hydrogen-bond donors (Lipinski definition) is 1. The zero-order valence-corrected chi connectivity index (χ0v) is 15.6. The summed E-state index contributed by atoms with van der Waals surface area (Å²) in [5, 5.41) is 0. The Kier molecular flexibility index (Phi) is 5.40. The Balaban J connectivity index is 1.50. The summed E-state index contributed by atoms with van der Waals surface area (Å²) in [5.74, 6) is 1.07. The van der Waals surface area contributed by atoms with Crippen molar-refractivity contribution < 1.29 is 4.39 Å². The van der Waals surface area contributed by atoms with Gasteiger partial charge in [-0.1, -0.05) is 55.7 Å². The topological polar surface area (TPSA) is 26.0 Å². The fourth-order valence-corrected chi connectivity index (χ4v) is 4.84. The van der Waals surface area contributed by atoms with Crippen molar-refractivity contribution in [2.45, 2.75) is 75.7 Å². The molecule has 0 spiro atoms. The Morgan fingerprint density at radius 2 is 1.31 bits per heavy atom. The molecule has 0 saturated heterocycles. The summed E-state index contributed by atoms with van der Waals surface area (Å²) in [5.41, 5.74) is 10.3. The van der Waals surface area contributed by atoms with Crippen LogP contribution in [0.5, 0.6) is 0 Å². The summed E-state index contributed by atoms with van der Waals surface area (Å²) < 4.78 is 14.8. The van der Waals surface area contributed by atoms with E-state index in [0.717, 1.165) is 42.4 Å². The lowest BCUT2D eigenvalue weighted by Crippen LogP contribution is -2.25. The second kappa shape index (κ2) is 7.92. The van der Waals surface area contributed by atoms with E-state index in [9.17, 15) is 4.39 Å². The van der Waals surface area contributed by atoms with E-state index in [1.807, 2.05) is 6.07 Å². The Hall–Kier alpha value is -1.67. The van der Waals surface area contributed by atoms with Crippen LogP contribution in [0.2, 0.25) is 0 Å². The van der Waals surface area contributed by atoms with E-state index in [2.05, 4.69) is 30.3 Å². The molecule has 138 valence electrons. The van der Waals surface area contributed by atoms with E-state index < -0.39 is 0 Å². The highest BCUT2D eigenvalue weighted by Crippen LogP contribution is 2.36. The third kappa shape index (κ3) is 3.86. The van der Waals surface area contributed by atoms with Gasteiger partial charge in [-0.15, -0.1) is 0 Å². The minimum absolute atomic E-state index is 0.0946. The SMILES string of the molecule is NC1CCC(c2ccc(-c3ccc(C4CCCCC4)cc3)c(F)c2)CC1. The van der Waals surface area contributed by atoms with Gasteiger partial charge in [-0.3, -0.25) is 0 Å². The summed E-state index contributed by atoms with van der Waals surface area (Å²) in [6.07, 6.45) is 10.9. The maximum absolute atomic E-state index is 14.8. The summed E-state index contributed by atoms with van der Waals surface area (Å²) in [4.78, 5) is 0. The maximum atomic E-state index is 14.8. The van der Waals surface area contributed by atoms with E-state index in [4.69, 9.17) is 5.73 Å². The standard InChI is InChI=1S/C24H30FN/c25-24-16-21(19-10-13-22(26)14-11-19)12-15-23(24)20-8-6-18(7-9-20)17-4-2-1-3-5-17/h6-9,12,15-17,19,22H,1-5,10-11,13-14,26H2. The molecule has 0 bridgehead atoms. The minimum atomic E-state index is -0.0946. The van der Waals surface area contributed by atoms with Gasteiger partial charge >= 0.3 is 0 Å². The van der Waals surface area contributed by atoms with Crippen LogP contribution in [0, 0.1) is 5.82 Å². The van der Waals surface area contributed by atoms with Gasteiger partial charge in [-0.25, -0.2) is 4.39 Å². The van der Waals surface area contributed by atoms with Crippen LogP contribution in [0.1, 0.15) is 80.8 Å². The Morgan fingerprint density at radius 3 is 1.96 bits per heavy atom. The van der Waals surface area contributed by atoms with Gasteiger partial charge in [0.2, 0.25) is 0 Å². The van der Waals surface area contributed by atoms with Crippen LogP contribution in [0.3, 0.4) is 0 Å². The second-order valence-electron chi connectivity index (χ2n) is 8.31. The lowest BCUT2D eigenvalue weighted by atomic mass is 9.81.